The van der Waals surface area contributed by atoms with Crippen molar-refractivity contribution in [2.45, 2.75) is 20.0 Å². The highest BCUT2D eigenvalue weighted by molar-refractivity contribution is 5.89. The molecule has 6 nitrogen and oxygen atoms in total. The number of fused-ring (bicyclic) bond motifs is 1. The summed E-state index contributed by atoms with van der Waals surface area (Å²) < 4.78 is 11.1. The molecular formula is C21H19N3O3. The molecule has 1 aromatic heterocycles. The molecule has 0 amide bonds. The van der Waals surface area contributed by atoms with Gasteiger partial charge in [0.2, 0.25) is 0 Å². The Balaban J connectivity index is 2.05. The number of aromatic amines is 1. The van der Waals surface area contributed by atoms with Gasteiger partial charge in [0.15, 0.2) is 17.3 Å². The summed E-state index contributed by atoms with van der Waals surface area (Å²) in [7, 11) is 1.56. The molecule has 0 spiro atoms. The van der Waals surface area contributed by atoms with Gasteiger partial charge in [-0.25, -0.2) is 4.98 Å². The summed E-state index contributed by atoms with van der Waals surface area (Å²) in [5.74, 6) is 1.41. The van der Waals surface area contributed by atoms with Crippen LogP contribution in [-0.4, -0.2) is 23.2 Å². The third-order valence-electron chi connectivity index (χ3n) is 3.85. The topological polar surface area (TPSA) is 88.0 Å². The molecule has 0 aliphatic rings. The summed E-state index contributed by atoms with van der Waals surface area (Å²) in [6, 6.07) is 14.5. The Hall–Kier alpha value is -3.59. The first-order valence-corrected chi connectivity index (χ1v) is 8.47. The molecule has 0 saturated carbocycles. The monoisotopic (exact) mass is 361 g/mol. The summed E-state index contributed by atoms with van der Waals surface area (Å²) in [5.41, 5.74) is 1.23. The lowest BCUT2D eigenvalue weighted by atomic mass is 10.1. The van der Waals surface area contributed by atoms with Gasteiger partial charge in [-0.2, -0.15) is 5.26 Å². The van der Waals surface area contributed by atoms with Gasteiger partial charge >= 0.3 is 0 Å². The molecule has 136 valence electrons. The number of nitrogens with zero attached hydrogens (tertiary/aromatic N) is 2. The van der Waals surface area contributed by atoms with E-state index in [1.54, 1.807) is 49.6 Å². The normalized spacial score (nSPS) is 11.4. The van der Waals surface area contributed by atoms with Crippen molar-refractivity contribution in [1.82, 2.24) is 9.97 Å². The molecule has 1 N–H and O–H groups in total. The van der Waals surface area contributed by atoms with Gasteiger partial charge in [0.1, 0.15) is 6.07 Å². The van der Waals surface area contributed by atoms with E-state index in [0.717, 1.165) is 5.56 Å². The number of H-pyrrole nitrogens is 1. The van der Waals surface area contributed by atoms with Gasteiger partial charge in [-0.3, -0.25) is 4.79 Å². The number of hydrogen-bond acceptors (Lipinski definition) is 5. The SMILES string of the molecule is COc1cc(C=C(C#N)c2nc3ccccc3c(=O)[nH]2)ccc1OC(C)C. The lowest BCUT2D eigenvalue weighted by Gasteiger charge is -2.13. The second kappa shape index (κ2) is 7.75. The molecule has 0 aliphatic heterocycles. The predicted octanol–water partition coefficient (Wildman–Crippen LogP) is 3.78. The summed E-state index contributed by atoms with van der Waals surface area (Å²) in [6.07, 6.45) is 1.66. The van der Waals surface area contributed by atoms with Crippen LogP contribution in [0.5, 0.6) is 11.5 Å². The molecule has 2 aromatic carbocycles. The summed E-state index contributed by atoms with van der Waals surface area (Å²) in [6.45, 7) is 3.87. The van der Waals surface area contributed by atoms with Crippen molar-refractivity contribution in [2.75, 3.05) is 7.11 Å². The minimum Gasteiger partial charge on any atom is -0.493 e. The number of ether oxygens (including phenoxy) is 2. The van der Waals surface area contributed by atoms with E-state index in [4.69, 9.17) is 9.47 Å². The van der Waals surface area contributed by atoms with Crippen LogP contribution in [0.1, 0.15) is 25.2 Å². The Kier molecular flexibility index (Phi) is 5.23. The van der Waals surface area contributed by atoms with E-state index in [0.29, 0.717) is 22.4 Å². The molecule has 3 aromatic rings. The van der Waals surface area contributed by atoms with Gasteiger partial charge in [0.25, 0.3) is 5.56 Å². The maximum Gasteiger partial charge on any atom is 0.259 e. The minimum atomic E-state index is -0.282. The highest BCUT2D eigenvalue weighted by Crippen LogP contribution is 2.30. The van der Waals surface area contributed by atoms with Crippen molar-refractivity contribution in [2.24, 2.45) is 0 Å². The molecule has 1 heterocycles. The molecule has 0 unspecified atom stereocenters. The average Bonchev–Trinajstić information content (AvgIpc) is 2.66. The predicted molar refractivity (Wildman–Crippen MR) is 105 cm³/mol. The number of para-hydroxylation sites is 1. The number of methoxy groups -OCH3 is 1. The van der Waals surface area contributed by atoms with Crippen molar-refractivity contribution in [3.63, 3.8) is 0 Å². The molecule has 27 heavy (non-hydrogen) atoms. The van der Waals surface area contributed by atoms with Crippen LogP contribution in [0.3, 0.4) is 0 Å². The number of allylic oxidation sites excluding steroid dienone is 1. The number of hydrogen-bond donors (Lipinski definition) is 1. The van der Waals surface area contributed by atoms with Crippen LogP contribution in [0.2, 0.25) is 0 Å². The minimum absolute atomic E-state index is 0.0156. The Morgan fingerprint density at radius 1 is 1.22 bits per heavy atom. The van der Waals surface area contributed by atoms with Gasteiger partial charge in [0.05, 0.1) is 29.7 Å². The fourth-order valence-electron chi connectivity index (χ4n) is 2.66. The Bertz CT molecular complexity index is 1110. The van der Waals surface area contributed by atoms with Gasteiger partial charge in [0, 0.05) is 0 Å². The Morgan fingerprint density at radius 3 is 2.70 bits per heavy atom. The second-order valence-electron chi connectivity index (χ2n) is 6.18. The molecule has 0 fully saturated rings. The third kappa shape index (κ3) is 3.98. The smallest absolute Gasteiger partial charge is 0.259 e. The van der Waals surface area contributed by atoms with E-state index >= 15 is 0 Å². The highest BCUT2D eigenvalue weighted by Gasteiger charge is 2.10. The van der Waals surface area contributed by atoms with Crippen LogP contribution in [0, 0.1) is 11.3 Å². The molecular weight excluding hydrogens is 342 g/mol. The number of aromatic nitrogens is 2. The Labute approximate surface area is 156 Å². The third-order valence-corrected chi connectivity index (χ3v) is 3.85. The van der Waals surface area contributed by atoms with Crippen LogP contribution in [-0.2, 0) is 0 Å². The fraction of sp³-hybridized carbons (Fsp3) is 0.190. The quantitative estimate of drug-likeness (QED) is 0.699. The van der Waals surface area contributed by atoms with E-state index in [1.807, 2.05) is 19.9 Å². The molecule has 0 saturated heterocycles. The van der Waals surface area contributed by atoms with Gasteiger partial charge in [-0.1, -0.05) is 18.2 Å². The number of nitrogens with one attached hydrogen (secondary N) is 1. The first kappa shape index (κ1) is 18.2. The van der Waals surface area contributed by atoms with Gasteiger partial charge < -0.3 is 14.5 Å². The molecule has 0 aliphatic carbocycles. The van der Waals surface area contributed by atoms with Crippen LogP contribution in [0.15, 0.2) is 47.3 Å². The number of nitriles is 1. The van der Waals surface area contributed by atoms with Crippen LogP contribution >= 0.6 is 0 Å². The number of benzene rings is 2. The van der Waals surface area contributed by atoms with Crippen molar-refractivity contribution in [1.29, 1.82) is 5.26 Å². The van der Waals surface area contributed by atoms with Crippen molar-refractivity contribution >= 4 is 22.6 Å². The summed E-state index contributed by atoms with van der Waals surface area (Å²) in [4.78, 5) is 19.3. The fourth-order valence-corrected chi connectivity index (χ4v) is 2.66. The van der Waals surface area contributed by atoms with Gasteiger partial charge in [-0.15, -0.1) is 0 Å². The van der Waals surface area contributed by atoms with Crippen LogP contribution in [0.25, 0.3) is 22.6 Å². The van der Waals surface area contributed by atoms with E-state index in [-0.39, 0.29) is 23.1 Å². The standard InChI is InChI=1S/C21H19N3O3/c1-13(2)27-18-9-8-14(11-19(18)26-3)10-15(12-22)20-23-17-7-5-4-6-16(17)21(25)24-20/h4-11,13H,1-3H3,(H,23,24,25). The van der Waals surface area contributed by atoms with Crippen LogP contribution in [0.4, 0.5) is 0 Å². The van der Waals surface area contributed by atoms with E-state index in [9.17, 15) is 10.1 Å². The largest absolute Gasteiger partial charge is 0.493 e. The van der Waals surface area contributed by atoms with E-state index in [2.05, 4.69) is 16.0 Å². The van der Waals surface area contributed by atoms with Crippen LogP contribution < -0.4 is 15.0 Å². The number of rotatable bonds is 5. The molecule has 3 rings (SSSR count). The first-order valence-electron chi connectivity index (χ1n) is 8.47. The van der Waals surface area contributed by atoms with E-state index < -0.39 is 0 Å². The zero-order valence-corrected chi connectivity index (χ0v) is 15.3. The highest BCUT2D eigenvalue weighted by atomic mass is 16.5. The molecule has 0 radical (unpaired) electrons. The average molecular weight is 361 g/mol. The van der Waals surface area contributed by atoms with Gasteiger partial charge in [-0.05, 0) is 49.8 Å². The molecule has 0 bridgehead atoms. The van der Waals surface area contributed by atoms with Crippen molar-refractivity contribution in [3.8, 4) is 17.6 Å². The summed E-state index contributed by atoms with van der Waals surface area (Å²) in [5, 5.41) is 10.0. The maximum absolute atomic E-state index is 12.3. The zero-order valence-electron chi connectivity index (χ0n) is 15.3. The van der Waals surface area contributed by atoms with Crippen molar-refractivity contribution < 1.29 is 9.47 Å². The van der Waals surface area contributed by atoms with E-state index in [1.165, 1.54) is 0 Å². The second-order valence-corrected chi connectivity index (χ2v) is 6.18. The lowest BCUT2D eigenvalue weighted by Crippen LogP contribution is -2.11. The maximum atomic E-state index is 12.3. The molecule has 6 heteroatoms. The zero-order chi connectivity index (χ0) is 19.4. The first-order chi connectivity index (χ1) is 13.0. The summed E-state index contributed by atoms with van der Waals surface area (Å²) >= 11 is 0. The van der Waals surface area contributed by atoms with Crippen molar-refractivity contribution in [3.05, 3.63) is 64.2 Å². The Morgan fingerprint density at radius 2 is 2.00 bits per heavy atom. The lowest BCUT2D eigenvalue weighted by molar-refractivity contribution is 0.230. The molecule has 0 atom stereocenters.